The Bertz CT molecular complexity index is 3350. The number of unbranched alkanes of at least 4 members (excludes halogenated alkanes) is 2. The van der Waals surface area contributed by atoms with Gasteiger partial charge in [0.05, 0.1) is 17.5 Å². The van der Waals surface area contributed by atoms with Crippen LogP contribution < -0.4 is 31.4 Å². The lowest BCUT2D eigenvalue weighted by Gasteiger charge is -2.38. The van der Waals surface area contributed by atoms with Crippen molar-refractivity contribution in [1.82, 2.24) is 21.3 Å². The number of allylic oxidation sites excluding steroid dienone is 6. The van der Waals surface area contributed by atoms with Crippen molar-refractivity contribution in [3.8, 4) is 0 Å². The van der Waals surface area contributed by atoms with Crippen LogP contribution in [0, 0.1) is 0 Å². The van der Waals surface area contributed by atoms with E-state index in [1.54, 1.807) is 13.8 Å². The first kappa shape index (κ1) is 59.1. The molecule has 1 aliphatic heterocycles. The number of hydrogen-bond acceptors (Lipinski definition) is 11. The van der Waals surface area contributed by atoms with Gasteiger partial charge < -0.3 is 26.2 Å². The zero-order valence-corrected chi connectivity index (χ0v) is 47.6. The first-order chi connectivity index (χ1) is 35.7. The first-order valence-electron chi connectivity index (χ1n) is 25.5. The number of carbonyl (C=O) groups excluding carboxylic acids is 4. The largest absolute Gasteiger partial charge is 0.378 e. The van der Waals surface area contributed by atoms with E-state index in [9.17, 15) is 45.1 Å². The molecular weight excluding hydrogens is 1020 g/mol. The molecule has 0 radical (unpaired) electrons. The van der Waals surface area contributed by atoms with Crippen LogP contribution in [0.25, 0.3) is 27.1 Å². The van der Waals surface area contributed by atoms with Crippen molar-refractivity contribution >= 4 is 95.4 Å². The second-order valence-electron chi connectivity index (χ2n) is 20.8. The highest BCUT2D eigenvalue weighted by Crippen LogP contribution is 2.44. The summed E-state index contributed by atoms with van der Waals surface area (Å²) in [6.07, 6.45) is 8.73. The van der Waals surface area contributed by atoms with Gasteiger partial charge >= 0.3 is 0 Å². The molecule has 406 valence electrons. The highest BCUT2D eigenvalue weighted by Gasteiger charge is 2.41. The van der Waals surface area contributed by atoms with Crippen LogP contribution in [-0.4, -0.2) is 133 Å². The Morgan fingerprint density at radius 3 is 1.91 bits per heavy atom. The van der Waals surface area contributed by atoms with Crippen LogP contribution in [0.15, 0.2) is 114 Å². The minimum absolute atomic E-state index is 0.00757. The number of hydrogen-bond donors (Lipinski definition) is 6. The van der Waals surface area contributed by atoms with Crippen molar-refractivity contribution in [3.63, 3.8) is 0 Å². The third kappa shape index (κ3) is 14.6. The van der Waals surface area contributed by atoms with E-state index in [4.69, 9.17) is 0 Å². The zero-order chi connectivity index (χ0) is 55.9. The second-order valence-corrected chi connectivity index (χ2v) is 28.1. The van der Waals surface area contributed by atoms with Crippen molar-refractivity contribution in [3.05, 3.63) is 136 Å². The van der Waals surface area contributed by atoms with Crippen LogP contribution in [0.5, 0.6) is 0 Å². The molecule has 0 fully saturated rings. The molecule has 0 bridgehead atoms. The average Bonchev–Trinajstić information content (AvgIpc) is 3.35. The third-order valence-electron chi connectivity index (χ3n) is 14.1. The van der Waals surface area contributed by atoms with Crippen LogP contribution in [-0.2, 0) is 52.5 Å². The van der Waals surface area contributed by atoms with E-state index in [1.807, 2.05) is 64.6 Å². The van der Waals surface area contributed by atoms with Gasteiger partial charge in [-0.2, -0.15) is 16.8 Å². The van der Waals surface area contributed by atoms with Crippen LogP contribution in [0.1, 0.15) is 74.6 Å². The van der Waals surface area contributed by atoms with Gasteiger partial charge in [0.25, 0.3) is 20.2 Å². The molecule has 6 N–H and O–H groups in total. The summed E-state index contributed by atoms with van der Waals surface area (Å²) in [7, 11) is -3.58. The van der Waals surface area contributed by atoms with E-state index in [1.165, 1.54) is 10.4 Å². The fourth-order valence-corrected chi connectivity index (χ4v) is 14.4. The summed E-state index contributed by atoms with van der Waals surface area (Å²) in [5.74, 6) is -3.27. The van der Waals surface area contributed by atoms with E-state index in [2.05, 4.69) is 99.5 Å². The number of ketones is 2. The molecule has 4 aromatic rings. The molecule has 0 saturated carbocycles. The quantitative estimate of drug-likeness (QED) is 0.0105. The average molecular weight is 1090 g/mol. The van der Waals surface area contributed by atoms with Gasteiger partial charge in [-0.1, -0.05) is 75.1 Å². The molecule has 0 spiro atoms. The van der Waals surface area contributed by atoms with E-state index >= 15 is 0 Å². The molecule has 16 nitrogen and oxygen atoms in total. The molecule has 2 atom stereocenters. The minimum atomic E-state index is -4.69. The molecule has 1 aliphatic carbocycles. The zero-order valence-electron chi connectivity index (χ0n) is 44.9. The lowest BCUT2D eigenvalue weighted by molar-refractivity contribution is -0.462. The van der Waals surface area contributed by atoms with Crippen molar-refractivity contribution in [1.29, 1.82) is 0 Å². The second kappa shape index (κ2) is 24.9. The van der Waals surface area contributed by atoms with E-state index in [-0.39, 0.29) is 44.3 Å². The number of nitrogens with one attached hydrogen (secondary N) is 4. The Morgan fingerprint density at radius 2 is 1.30 bits per heavy atom. The van der Waals surface area contributed by atoms with Crippen molar-refractivity contribution < 1.29 is 49.7 Å². The van der Waals surface area contributed by atoms with Crippen molar-refractivity contribution in [2.45, 2.75) is 90.6 Å². The lowest BCUT2D eigenvalue weighted by atomic mass is 9.85. The molecule has 0 saturated heterocycles. The van der Waals surface area contributed by atoms with Crippen molar-refractivity contribution in [2.75, 3.05) is 57.7 Å². The first-order valence-corrected chi connectivity index (χ1v) is 31.7. The van der Waals surface area contributed by atoms with Crippen LogP contribution in [0.3, 0.4) is 0 Å². The fourth-order valence-electron chi connectivity index (χ4n) is 9.88. The molecule has 0 aromatic heterocycles. The number of anilines is 1. The third-order valence-corrected chi connectivity index (χ3v) is 19.1. The normalized spacial score (nSPS) is 14.9. The molecule has 19 heteroatoms. The number of amides is 2. The molecule has 4 aromatic carbocycles. The van der Waals surface area contributed by atoms with E-state index in [0.717, 1.165) is 44.4 Å². The SMILES string of the molecule is C=C(C)C(=O)CCCCCC(=O)C(CS(=O)(=O)O)NCc1c2ccccc2c(CNC(CS(=O)(=O)O)C(=O)NCCCNC(=O)C(=C)C)c2cc(C3=C4C=CC(=[N+](C)C)C=C4[Si](C)(C)c4cc(N(C)C)ccc43)ccc12. The molecule has 2 aliphatic rings. The Kier molecular flexibility index (Phi) is 19.3. The maximum Gasteiger partial charge on any atom is 0.266 e. The van der Waals surface area contributed by atoms with E-state index < -0.39 is 63.6 Å². The summed E-state index contributed by atoms with van der Waals surface area (Å²) in [6, 6.07) is 17.5. The molecule has 1 heterocycles. The summed E-state index contributed by atoms with van der Waals surface area (Å²) in [5.41, 5.74) is 8.40. The number of rotatable bonds is 26. The summed E-state index contributed by atoms with van der Waals surface area (Å²) >= 11 is 0. The highest BCUT2D eigenvalue weighted by atomic mass is 32.2. The summed E-state index contributed by atoms with van der Waals surface area (Å²) in [6.45, 7) is 15.5. The summed E-state index contributed by atoms with van der Waals surface area (Å²) in [4.78, 5) is 53.8. The minimum Gasteiger partial charge on any atom is -0.378 e. The predicted octanol–water partition coefficient (Wildman–Crippen LogP) is 6.09. The number of Topliss-reactive ketones (excluding diaryl/α,β-unsaturated/α-hetero) is 2. The molecule has 2 unspecified atom stereocenters. The summed E-state index contributed by atoms with van der Waals surface area (Å²) < 4.78 is 72.2. The lowest BCUT2D eigenvalue weighted by Crippen LogP contribution is -2.49. The van der Waals surface area contributed by atoms with Gasteiger partial charge in [-0.15, -0.1) is 0 Å². The highest BCUT2D eigenvalue weighted by molar-refractivity contribution is 7.86. The topological polar surface area (TPSA) is 231 Å². The Morgan fingerprint density at radius 1 is 0.711 bits per heavy atom. The Hall–Kier alpha value is -6.19. The maximum absolute atomic E-state index is 13.8. The van der Waals surface area contributed by atoms with Gasteiger partial charge in [0.15, 0.2) is 17.3 Å². The fraction of sp³-hybridized carbons (Fsp3) is 0.386. The van der Waals surface area contributed by atoms with Gasteiger partial charge in [-0.25, -0.2) is 4.58 Å². The molecular formula is C57H73N6O10S2Si+. The Balaban J connectivity index is 1.50. The van der Waals surface area contributed by atoms with E-state index in [0.29, 0.717) is 65.1 Å². The molecule has 76 heavy (non-hydrogen) atoms. The smallest absolute Gasteiger partial charge is 0.266 e. The van der Waals surface area contributed by atoms with Crippen LogP contribution in [0.2, 0.25) is 13.1 Å². The maximum atomic E-state index is 13.8. The standard InChI is InChI=1S/C57H72N6O10S2Si/c1-36(2)51(64)19-12-11-13-20-52(65)49(34-74(68,69)70)60-32-47-41-17-14-15-18-42(41)48(33-61-50(35-75(71,72)73)57(67)59-28-16-27-58-56(66)37(3)4)46-29-38(21-24-43(46)47)55-44-25-22-39(62(5)6)30-53(44)76(9,10)54-31-40(63(7)8)23-26-45(54)55/h14-15,17-18,21-26,29-31,49-50,60-61H,1,3,11-13,16,19-20,27-28,32-35H2,2,4-10H3,(H3-,58,59,66,67,68,69,70,71,72,73)/p+1. The predicted molar refractivity (Wildman–Crippen MR) is 307 cm³/mol. The number of fused-ring (bicyclic) bond motifs is 4. The number of carbonyl (C=O) groups is 4. The van der Waals surface area contributed by atoms with Gasteiger partial charge in [0, 0.05) is 76.5 Å². The van der Waals surface area contributed by atoms with Gasteiger partial charge in [0.2, 0.25) is 11.8 Å². The Labute approximate surface area is 448 Å². The monoisotopic (exact) mass is 1090 g/mol. The van der Waals surface area contributed by atoms with Gasteiger partial charge in [-0.05, 0) is 128 Å². The van der Waals surface area contributed by atoms with Crippen LogP contribution >= 0.6 is 0 Å². The molecule has 2 amide bonds. The number of benzene rings is 4. The summed E-state index contributed by atoms with van der Waals surface area (Å²) in [5, 5.41) is 17.2. The van der Waals surface area contributed by atoms with Gasteiger partial charge in [-0.3, -0.25) is 28.3 Å². The van der Waals surface area contributed by atoms with Gasteiger partial charge in [0.1, 0.15) is 28.2 Å². The van der Waals surface area contributed by atoms with Crippen LogP contribution in [0.4, 0.5) is 5.69 Å². The molecule has 6 rings (SSSR count). The van der Waals surface area contributed by atoms with Crippen molar-refractivity contribution in [2.24, 2.45) is 0 Å². The number of nitrogens with zero attached hydrogens (tertiary/aromatic N) is 2.